The summed E-state index contributed by atoms with van der Waals surface area (Å²) >= 11 is 0. The average Bonchev–Trinajstić information content (AvgIpc) is 2.42. The molecule has 0 saturated carbocycles. The first-order chi connectivity index (χ1) is 8.72. The van der Waals surface area contributed by atoms with Crippen LogP contribution in [0.5, 0.6) is 11.5 Å². The molecule has 1 N–H and O–H groups in total. The van der Waals surface area contributed by atoms with E-state index >= 15 is 0 Å². The summed E-state index contributed by atoms with van der Waals surface area (Å²) in [4.78, 5) is 0. The number of nitriles is 1. The standard InChI is InChI=1S/C14H12NO2P/c15-8-10-1-3-12(4-2-10)17-13-5-6-14(18)11(7-13)9-16/h1-7,16H,9,18H2. The topological polar surface area (TPSA) is 53.2 Å². The van der Waals surface area contributed by atoms with Crippen LogP contribution in [0.25, 0.3) is 0 Å². The predicted molar refractivity (Wildman–Crippen MR) is 72.9 cm³/mol. The number of nitrogens with zero attached hydrogens (tertiary/aromatic N) is 1. The molecule has 18 heavy (non-hydrogen) atoms. The van der Waals surface area contributed by atoms with Crippen LogP contribution in [-0.2, 0) is 6.61 Å². The minimum atomic E-state index is -0.0244. The van der Waals surface area contributed by atoms with E-state index in [4.69, 9.17) is 10.00 Å². The second-order valence-electron chi connectivity index (χ2n) is 3.76. The van der Waals surface area contributed by atoms with E-state index in [9.17, 15) is 5.11 Å². The Morgan fingerprint density at radius 3 is 2.39 bits per heavy atom. The van der Waals surface area contributed by atoms with Gasteiger partial charge >= 0.3 is 0 Å². The van der Waals surface area contributed by atoms with Crippen molar-refractivity contribution in [3.63, 3.8) is 0 Å². The van der Waals surface area contributed by atoms with Crippen molar-refractivity contribution < 1.29 is 9.84 Å². The number of rotatable bonds is 3. The van der Waals surface area contributed by atoms with Crippen molar-refractivity contribution in [3.05, 3.63) is 53.6 Å². The zero-order valence-corrected chi connectivity index (χ0v) is 10.8. The molecular formula is C14H12NO2P. The van der Waals surface area contributed by atoms with Gasteiger partial charge in [-0.05, 0) is 47.3 Å². The van der Waals surface area contributed by atoms with Gasteiger partial charge in [0.25, 0.3) is 0 Å². The van der Waals surface area contributed by atoms with Crippen LogP contribution in [0.2, 0.25) is 0 Å². The summed E-state index contributed by atoms with van der Waals surface area (Å²) in [5.74, 6) is 1.32. The molecule has 0 fully saturated rings. The van der Waals surface area contributed by atoms with Crippen LogP contribution in [0, 0.1) is 11.3 Å². The minimum absolute atomic E-state index is 0.0244. The van der Waals surface area contributed by atoms with E-state index in [1.807, 2.05) is 12.1 Å². The molecule has 0 aromatic heterocycles. The van der Waals surface area contributed by atoms with Crippen molar-refractivity contribution in [2.45, 2.75) is 6.61 Å². The molecule has 4 heteroatoms. The third-order valence-corrected chi connectivity index (χ3v) is 3.07. The molecule has 1 unspecified atom stereocenters. The molecule has 2 rings (SSSR count). The summed E-state index contributed by atoms with van der Waals surface area (Å²) in [6, 6.07) is 14.4. The Hall–Kier alpha value is -1.88. The van der Waals surface area contributed by atoms with Gasteiger partial charge in [-0.1, -0.05) is 6.07 Å². The molecule has 0 saturated heterocycles. The summed E-state index contributed by atoms with van der Waals surface area (Å²) < 4.78 is 5.65. The van der Waals surface area contributed by atoms with E-state index in [-0.39, 0.29) is 6.61 Å². The van der Waals surface area contributed by atoms with Crippen molar-refractivity contribution in [1.82, 2.24) is 0 Å². The van der Waals surface area contributed by atoms with Gasteiger partial charge in [-0.15, -0.1) is 9.24 Å². The van der Waals surface area contributed by atoms with Gasteiger partial charge < -0.3 is 9.84 Å². The Labute approximate surface area is 108 Å². The lowest BCUT2D eigenvalue weighted by molar-refractivity contribution is 0.282. The highest BCUT2D eigenvalue weighted by Gasteiger charge is 2.02. The van der Waals surface area contributed by atoms with Gasteiger partial charge in [0.05, 0.1) is 18.2 Å². The number of hydrogen-bond acceptors (Lipinski definition) is 3. The second-order valence-corrected chi connectivity index (χ2v) is 4.38. The highest BCUT2D eigenvalue weighted by atomic mass is 31.0. The average molecular weight is 257 g/mol. The van der Waals surface area contributed by atoms with Crippen LogP contribution in [0.15, 0.2) is 42.5 Å². The number of aliphatic hydroxyl groups excluding tert-OH is 1. The van der Waals surface area contributed by atoms with Gasteiger partial charge in [0.15, 0.2) is 0 Å². The van der Waals surface area contributed by atoms with Gasteiger partial charge in [0, 0.05) is 0 Å². The molecule has 0 bridgehead atoms. The van der Waals surface area contributed by atoms with Gasteiger partial charge in [0.1, 0.15) is 11.5 Å². The third kappa shape index (κ3) is 2.87. The van der Waals surface area contributed by atoms with E-state index in [1.165, 1.54) is 0 Å². The number of benzene rings is 2. The van der Waals surface area contributed by atoms with E-state index in [0.29, 0.717) is 17.1 Å². The molecule has 0 radical (unpaired) electrons. The fraction of sp³-hybridized carbons (Fsp3) is 0.0714. The summed E-state index contributed by atoms with van der Waals surface area (Å²) in [6.07, 6.45) is 0. The van der Waals surface area contributed by atoms with Crippen molar-refractivity contribution in [2.24, 2.45) is 0 Å². The Bertz CT molecular complexity index is 588. The summed E-state index contributed by atoms with van der Waals surface area (Å²) in [7, 11) is 2.56. The SMILES string of the molecule is N#Cc1ccc(Oc2ccc(P)c(CO)c2)cc1. The van der Waals surface area contributed by atoms with Crippen molar-refractivity contribution in [2.75, 3.05) is 0 Å². The first-order valence-electron chi connectivity index (χ1n) is 5.40. The van der Waals surface area contributed by atoms with Crippen molar-refractivity contribution in [3.8, 4) is 17.6 Å². The Balaban J connectivity index is 2.20. The highest BCUT2D eigenvalue weighted by molar-refractivity contribution is 7.27. The maximum atomic E-state index is 9.17. The van der Waals surface area contributed by atoms with Crippen LogP contribution in [-0.4, -0.2) is 5.11 Å². The zero-order chi connectivity index (χ0) is 13.0. The molecule has 2 aromatic rings. The Kier molecular flexibility index (Phi) is 3.94. The largest absolute Gasteiger partial charge is 0.457 e. The molecule has 90 valence electrons. The van der Waals surface area contributed by atoms with E-state index in [1.54, 1.807) is 30.3 Å². The molecule has 2 aromatic carbocycles. The van der Waals surface area contributed by atoms with Crippen LogP contribution < -0.4 is 10.0 Å². The molecule has 3 nitrogen and oxygen atoms in total. The van der Waals surface area contributed by atoms with Crippen LogP contribution >= 0.6 is 9.24 Å². The molecular weight excluding hydrogens is 245 g/mol. The monoisotopic (exact) mass is 257 g/mol. The minimum Gasteiger partial charge on any atom is -0.457 e. The van der Waals surface area contributed by atoms with E-state index in [2.05, 4.69) is 15.3 Å². The maximum absolute atomic E-state index is 9.17. The lowest BCUT2D eigenvalue weighted by Gasteiger charge is -2.08. The number of hydrogen-bond donors (Lipinski definition) is 1. The van der Waals surface area contributed by atoms with Crippen LogP contribution in [0.4, 0.5) is 0 Å². The van der Waals surface area contributed by atoms with Crippen molar-refractivity contribution >= 4 is 14.5 Å². The van der Waals surface area contributed by atoms with E-state index < -0.39 is 0 Å². The van der Waals surface area contributed by atoms with Gasteiger partial charge in [0.2, 0.25) is 0 Å². The summed E-state index contributed by atoms with van der Waals surface area (Å²) in [6.45, 7) is -0.0244. The summed E-state index contributed by atoms with van der Waals surface area (Å²) in [5.41, 5.74) is 1.41. The normalized spacial score (nSPS) is 9.83. The molecule has 0 aliphatic heterocycles. The molecule has 1 atom stereocenters. The van der Waals surface area contributed by atoms with Crippen LogP contribution in [0.1, 0.15) is 11.1 Å². The highest BCUT2D eigenvalue weighted by Crippen LogP contribution is 2.22. The number of aliphatic hydroxyl groups is 1. The zero-order valence-electron chi connectivity index (χ0n) is 9.63. The van der Waals surface area contributed by atoms with E-state index in [0.717, 1.165) is 10.9 Å². The van der Waals surface area contributed by atoms with Crippen LogP contribution in [0.3, 0.4) is 0 Å². The molecule has 0 amide bonds. The third-order valence-electron chi connectivity index (χ3n) is 2.50. The van der Waals surface area contributed by atoms with Gasteiger partial charge in [-0.2, -0.15) is 5.26 Å². The number of ether oxygens (including phenoxy) is 1. The molecule has 0 aliphatic rings. The molecule has 0 heterocycles. The fourth-order valence-corrected chi connectivity index (χ4v) is 1.79. The van der Waals surface area contributed by atoms with Crippen molar-refractivity contribution in [1.29, 1.82) is 5.26 Å². The van der Waals surface area contributed by atoms with Gasteiger partial charge in [-0.25, -0.2) is 0 Å². The first kappa shape index (κ1) is 12.6. The Morgan fingerprint density at radius 1 is 1.11 bits per heavy atom. The first-order valence-corrected chi connectivity index (χ1v) is 5.98. The fourth-order valence-electron chi connectivity index (χ4n) is 1.52. The lowest BCUT2D eigenvalue weighted by Crippen LogP contribution is -2.01. The Morgan fingerprint density at radius 2 is 1.78 bits per heavy atom. The van der Waals surface area contributed by atoms with Gasteiger partial charge in [-0.3, -0.25) is 0 Å². The summed E-state index contributed by atoms with van der Waals surface area (Å²) in [5, 5.41) is 18.8. The molecule has 0 aliphatic carbocycles. The smallest absolute Gasteiger partial charge is 0.127 e. The maximum Gasteiger partial charge on any atom is 0.127 e. The predicted octanol–water partition coefficient (Wildman–Crippen LogP) is 2.34. The lowest BCUT2D eigenvalue weighted by atomic mass is 10.2. The second kappa shape index (κ2) is 5.64. The molecule has 0 spiro atoms. The quantitative estimate of drug-likeness (QED) is 0.859.